The van der Waals surface area contributed by atoms with Gasteiger partial charge in [-0.25, -0.2) is 0 Å². The number of aliphatic carboxylic acids is 2. The van der Waals surface area contributed by atoms with Crippen molar-refractivity contribution in [3.63, 3.8) is 0 Å². The molecular formula is C12H20O4. The smallest absolute Gasteiger partial charge is 0.307 e. The van der Waals surface area contributed by atoms with E-state index >= 15 is 0 Å². The van der Waals surface area contributed by atoms with Crippen molar-refractivity contribution in [3.05, 3.63) is 0 Å². The maximum absolute atomic E-state index is 11.0. The highest BCUT2D eigenvalue weighted by Crippen LogP contribution is 2.37. The van der Waals surface area contributed by atoms with Crippen LogP contribution in [-0.4, -0.2) is 22.2 Å². The monoisotopic (exact) mass is 228 g/mol. The first-order chi connectivity index (χ1) is 7.41. The Kier molecular flexibility index (Phi) is 4.33. The Morgan fingerprint density at radius 1 is 1.12 bits per heavy atom. The van der Waals surface area contributed by atoms with Gasteiger partial charge in [0.15, 0.2) is 0 Å². The van der Waals surface area contributed by atoms with Crippen molar-refractivity contribution in [2.24, 2.45) is 23.7 Å². The maximum atomic E-state index is 11.0. The molecule has 92 valence electrons. The molecule has 1 aliphatic rings. The summed E-state index contributed by atoms with van der Waals surface area (Å²) in [6, 6.07) is 0. The molecule has 0 saturated heterocycles. The van der Waals surface area contributed by atoms with Crippen LogP contribution in [0.25, 0.3) is 0 Å². The van der Waals surface area contributed by atoms with E-state index in [9.17, 15) is 9.59 Å². The van der Waals surface area contributed by atoms with E-state index in [4.69, 9.17) is 10.2 Å². The molecule has 16 heavy (non-hydrogen) atoms. The minimum Gasteiger partial charge on any atom is -0.481 e. The van der Waals surface area contributed by atoms with Gasteiger partial charge in [-0.1, -0.05) is 13.8 Å². The molecule has 1 rings (SSSR count). The van der Waals surface area contributed by atoms with Gasteiger partial charge >= 0.3 is 11.9 Å². The van der Waals surface area contributed by atoms with Crippen molar-refractivity contribution in [3.8, 4) is 0 Å². The molecule has 0 aromatic rings. The first-order valence-corrected chi connectivity index (χ1v) is 5.87. The van der Waals surface area contributed by atoms with Crippen LogP contribution in [-0.2, 0) is 9.59 Å². The van der Waals surface area contributed by atoms with Crippen LogP contribution >= 0.6 is 0 Å². The number of rotatable bonds is 4. The number of carboxylic acid groups (broad SMARTS) is 2. The quantitative estimate of drug-likeness (QED) is 0.773. The van der Waals surface area contributed by atoms with Crippen LogP contribution in [0, 0.1) is 23.7 Å². The van der Waals surface area contributed by atoms with Gasteiger partial charge in [-0.15, -0.1) is 0 Å². The zero-order valence-electron chi connectivity index (χ0n) is 9.85. The van der Waals surface area contributed by atoms with Gasteiger partial charge in [0, 0.05) is 0 Å². The van der Waals surface area contributed by atoms with Gasteiger partial charge in [-0.05, 0) is 37.5 Å². The van der Waals surface area contributed by atoms with Gasteiger partial charge < -0.3 is 10.2 Å². The number of hydrogen-bond donors (Lipinski definition) is 2. The normalized spacial score (nSPS) is 30.3. The van der Waals surface area contributed by atoms with Crippen LogP contribution in [0.2, 0.25) is 0 Å². The molecule has 3 atom stereocenters. The zero-order chi connectivity index (χ0) is 12.3. The third-order valence-corrected chi connectivity index (χ3v) is 3.40. The van der Waals surface area contributed by atoms with Crippen molar-refractivity contribution in [1.82, 2.24) is 0 Å². The highest BCUT2D eigenvalue weighted by Gasteiger charge is 2.39. The maximum Gasteiger partial charge on any atom is 0.307 e. The third-order valence-electron chi connectivity index (χ3n) is 3.40. The summed E-state index contributed by atoms with van der Waals surface area (Å²) in [5.74, 6) is -2.40. The Balaban J connectivity index is 2.65. The number of hydrogen-bond acceptors (Lipinski definition) is 2. The lowest BCUT2D eigenvalue weighted by molar-refractivity contribution is -0.156. The molecule has 3 unspecified atom stereocenters. The molecule has 0 bridgehead atoms. The van der Waals surface area contributed by atoms with Crippen molar-refractivity contribution >= 4 is 11.9 Å². The van der Waals surface area contributed by atoms with Gasteiger partial charge in [0.1, 0.15) is 0 Å². The highest BCUT2D eigenvalue weighted by molar-refractivity contribution is 5.80. The van der Waals surface area contributed by atoms with E-state index in [0.29, 0.717) is 24.7 Å². The Labute approximate surface area is 95.7 Å². The summed E-state index contributed by atoms with van der Waals surface area (Å²) in [6.07, 6.45) is 2.86. The van der Waals surface area contributed by atoms with E-state index < -0.39 is 23.8 Å². The van der Waals surface area contributed by atoms with Crippen molar-refractivity contribution < 1.29 is 19.8 Å². The van der Waals surface area contributed by atoms with Crippen LogP contribution < -0.4 is 0 Å². The fraction of sp³-hybridized carbons (Fsp3) is 0.833. The summed E-state index contributed by atoms with van der Waals surface area (Å²) >= 11 is 0. The molecule has 0 aromatic carbocycles. The molecule has 1 fully saturated rings. The average molecular weight is 228 g/mol. The van der Waals surface area contributed by atoms with E-state index in [1.54, 1.807) is 0 Å². The van der Waals surface area contributed by atoms with Crippen LogP contribution in [0.4, 0.5) is 0 Å². The first kappa shape index (κ1) is 13.0. The minimum absolute atomic E-state index is 0.372. The lowest BCUT2D eigenvalue weighted by Crippen LogP contribution is -2.35. The SMILES string of the molecule is CC(C)CC1CCC(C(=O)O)C(C(=O)O)C1. The van der Waals surface area contributed by atoms with Crippen LogP contribution in [0.1, 0.15) is 39.5 Å². The summed E-state index contributed by atoms with van der Waals surface area (Å²) in [6.45, 7) is 4.22. The topological polar surface area (TPSA) is 74.6 Å². The predicted molar refractivity (Wildman–Crippen MR) is 59.0 cm³/mol. The fourth-order valence-corrected chi connectivity index (χ4v) is 2.71. The second kappa shape index (κ2) is 5.32. The number of carboxylic acids is 2. The van der Waals surface area contributed by atoms with Crippen molar-refractivity contribution in [2.45, 2.75) is 39.5 Å². The van der Waals surface area contributed by atoms with Crippen molar-refractivity contribution in [1.29, 1.82) is 0 Å². The molecule has 1 saturated carbocycles. The molecule has 0 aromatic heterocycles. The molecule has 2 N–H and O–H groups in total. The Bertz CT molecular complexity index is 272. The standard InChI is InChI=1S/C12H20O4/c1-7(2)5-8-3-4-9(11(13)14)10(6-8)12(15)16/h7-10H,3-6H2,1-2H3,(H,13,14)(H,15,16). The lowest BCUT2D eigenvalue weighted by Gasteiger charge is -2.32. The number of carbonyl (C=O) groups is 2. The largest absolute Gasteiger partial charge is 0.481 e. The van der Waals surface area contributed by atoms with Crippen LogP contribution in [0.15, 0.2) is 0 Å². The first-order valence-electron chi connectivity index (χ1n) is 5.87. The summed E-state index contributed by atoms with van der Waals surface area (Å²) in [5.41, 5.74) is 0. The third kappa shape index (κ3) is 3.22. The second-order valence-corrected chi connectivity index (χ2v) is 5.20. The average Bonchev–Trinajstić information content (AvgIpc) is 2.16. The molecular weight excluding hydrogens is 208 g/mol. The highest BCUT2D eigenvalue weighted by atomic mass is 16.4. The second-order valence-electron chi connectivity index (χ2n) is 5.20. The molecule has 0 amide bonds. The minimum atomic E-state index is -0.963. The van der Waals surface area contributed by atoms with Gasteiger partial charge in [0.25, 0.3) is 0 Å². The van der Waals surface area contributed by atoms with Gasteiger partial charge in [0.05, 0.1) is 11.8 Å². The molecule has 0 spiro atoms. The summed E-state index contributed by atoms with van der Waals surface area (Å²) in [5, 5.41) is 18.0. The van der Waals surface area contributed by atoms with Gasteiger partial charge in [-0.3, -0.25) is 9.59 Å². The van der Waals surface area contributed by atoms with Crippen molar-refractivity contribution in [2.75, 3.05) is 0 Å². The van der Waals surface area contributed by atoms with E-state index in [0.717, 1.165) is 12.8 Å². The van der Waals surface area contributed by atoms with Crippen LogP contribution in [0.3, 0.4) is 0 Å². The summed E-state index contributed by atoms with van der Waals surface area (Å²) < 4.78 is 0. The predicted octanol–water partition coefficient (Wildman–Crippen LogP) is 2.23. The van der Waals surface area contributed by atoms with E-state index in [1.807, 2.05) is 0 Å². The Hall–Kier alpha value is -1.06. The molecule has 0 radical (unpaired) electrons. The molecule has 0 heterocycles. The summed E-state index contributed by atoms with van der Waals surface area (Å²) in [4.78, 5) is 22.0. The lowest BCUT2D eigenvalue weighted by atomic mass is 9.72. The van der Waals surface area contributed by atoms with E-state index in [2.05, 4.69) is 13.8 Å². The zero-order valence-corrected chi connectivity index (χ0v) is 9.85. The Morgan fingerprint density at radius 2 is 1.69 bits per heavy atom. The van der Waals surface area contributed by atoms with E-state index in [-0.39, 0.29) is 0 Å². The summed E-state index contributed by atoms with van der Waals surface area (Å²) in [7, 11) is 0. The molecule has 4 nitrogen and oxygen atoms in total. The van der Waals surface area contributed by atoms with E-state index in [1.165, 1.54) is 0 Å². The van der Waals surface area contributed by atoms with Crippen LogP contribution in [0.5, 0.6) is 0 Å². The molecule has 0 aliphatic heterocycles. The van der Waals surface area contributed by atoms with Gasteiger partial charge in [-0.2, -0.15) is 0 Å². The Morgan fingerprint density at radius 3 is 2.12 bits per heavy atom. The fourth-order valence-electron chi connectivity index (χ4n) is 2.71. The molecule has 1 aliphatic carbocycles. The molecule has 4 heteroatoms. The van der Waals surface area contributed by atoms with Gasteiger partial charge in [0.2, 0.25) is 0 Å².